The van der Waals surface area contributed by atoms with Crippen LogP contribution in [0.3, 0.4) is 0 Å². The molecule has 0 saturated carbocycles. The van der Waals surface area contributed by atoms with E-state index in [1.54, 1.807) is 0 Å². The summed E-state index contributed by atoms with van der Waals surface area (Å²) >= 11 is 0. The van der Waals surface area contributed by atoms with Crippen LogP contribution in [0.5, 0.6) is 5.75 Å². The first-order chi connectivity index (χ1) is 14.4. The molecule has 1 aromatic heterocycles. The van der Waals surface area contributed by atoms with Crippen LogP contribution in [0.1, 0.15) is 48.8 Å². The number of hydrogen-bond acceptors (Lipinski definition) is 3. The Bertz CT molecular complexity index is 1020. The second-order valence-corrected chi connectivity index (χ2v) is 8.80. The van der Waals surface area contributed by atoms with Crippen molar-refractivity contribution in [3.05, 3.63) is 46.6 Å². The second-order valence-electron chi connectivity index (χ2n) is 8.80. The molecule has 1 atom stereocenters. The Morgan fingerprint density at radius 3 is 2.52 bits per heavy atom. The maximum atomic E-state index is 13.2. The van der Waals surface area contributed by atoms with Crippen LogP contribution in [0.2, 0.25) is 0 Å². The standard InChI is InChI=1S/C22H28F3N3O3/c1-21(2,3)18-11-19(28(27(18)4)12-14-8-9-31-13-14)26-20(29)16-10-15(22(23,24)25)6-7-17(16)30-5/h6-7,10-11,14H,8-9,12-13H2,1-5H3/b26-19+. The Hall–Kier alpha value is -2.55. The Labute approximate surface area is 179 Å². The summed E-state index contributed by atoms with van der Waals surface area (Å²) in [5.74, 6) is -0.464. The summed E-state index contributed by atoms with van der Waals surface area (Å²) in [6.07, 6.45) is -3.67. The number of halogens is 3. The predicted octanol–water partition coefficient (Wildman–Crippen LogP) is 3.93. The largest absolute Gasteiger partial charge is 0.496 e. The minimum atomic E-state index is -4.57. The number of benzene rings is 1. The van der Waals surface area contributed by atoms with Gasteiger partial charge in [0.1, 0.15) is 5.75 Å². The van der Waals surface area contributed by atoms with Gasteiger partial charge in [-0.3, -0.25) is 14.2 Å². The third-order valence-corrected chi connectivity index (χ3v) is 5.44. The van der Waals surface area contributed by atoms with Crippen molar-refractivity contribution in [2.75, 3.05) is 20.3 Å². The number of hydrogen-bond donors (Lipinski definition) is 0. The fourth-order valence-corrected chi connectivity index (χ4v) is 3.77. The minimum absolute atomic E-state index is 0.0458. The molecule has 9 heteroatoms. The van der Waals surface area contributed by atoms with Crippen LogP contribution in [0.15, 0.2) is 29.3 Å². The summed E-state index contributed by atoms with van der Waals surface area (Å²) in [6.45, 7) is 8.05. The molecule has 31 heavy (non-hydrogen) atoms. The molecule has 0 radical (unpaired) electrons. The van der Waals surface area contributed by atoms with Gasteiger partial charge < -0.3 is 9.47 Å². The Morgan fingerprint density at radius 2 is 1.97 bits per heavy atom. The van der Waals surface area contributed by atoms with E-state index in [-0.39, 0.29) is 22.6 Å². The van der Waals surface area contributed by atoms with E-state index >= 15 is 0 Å². The van der Waals surface area contributed by atoms with Gasteiger partial charge in [0.15, 0.2) is 5.49 Å². The summed E-state index contributed by atoms with van der Waals surface area (Å²) in [6, 6.07) is 4.62. The van der Waals surface area contributed by atoms with Crippen LogP contribution in [0, 0.1) is 5.92 Å². The van der Waals surface area contributed by atoms with Crippen molar-refractivity contribution in [1.82, 2.24) is 9.36 Å². The molecule has 2 heterocycles. The molecule has 170 valence electrons. The van der Waals surface area contributed by atoms with E-state index in [1.165, 1.54) is 7.11 Å². The van der Waals surface area contributed by atoms with E-state index in [0.717, 1.165) is 30.3 Å². The fraction of sp³-hybridized carbons (Fsp3) is 0.545. The van der Waals surface area contributed by atoms with E-state index < -0.39 is 17.6 Å². The van der Waals surface area contributed by atoms with E-state index in [0.29, 0.717) is 25.2 Å². The molecule has 0 bridgehead atoms. The molecule has 1 saturated heterocycles. The van der Waals surface area contributed by atoms with Crippen molar-refractivity contribution in [2.24, 2.45) is 18.0 Å². The third kappa shape index (κ3) is 5.03. The van der Waals surface area contributed by atoms with Gasteiger partial charge in [0.2, 0.25) is 0 Å². The molecule has 0 N–H and O–H groups in total. The van der Waals surface area contributed by atoms with E-state index in [4.69, 9.17) is 9.47 Å². The number of rotatable bonds is 4. The first-order valence-electron chi connectivity index (χ1n) is 10.1. The average molecular weight is 439 g/mol. The van der Waals surface area contributed by atoms with Gasteiger partial charge in [0, 0.05) is 43.3 Å². The summed E-state index contributed by atoms with van der Waals surface area (Å²) in [5, 5.41) is 0. The zero-order chi connectivity index (χ0) is 23.0. The van der Waals surface area contributed by atoms with Gasteiger partial charge in [-0.25, -0.2) is 0 Å². The Morgan fingerprint density at radius 1 is 1.26 bits per heavy atom. The van der Waals surface area contributed by atoms with Crippen LogP contribution in [-0.2, 0) is 29.9 Å². The van der Waals surface area contributed by atoms with Crippen molar-refractivity contribution in [1.29, 1.82) is 0 Å². The van der Waals surface area contributed by atoms with Gasteiger partial charge >= 0.3 is 6.18 Å². The quantitative estimate of drug-likeness (QED) is 0.726. The van der Waals surface area contributed by atoms with Crippen LogP contribution < -0.4 is 10.2 Å². The maximum absolute atomic E-state index is 13.2. The Balaban J connectivity index is 2.11. The molecule has 1 aliphatic heterocycles. The number of alkyl halides is 3. The summed E-state index contributed by atoms with van der Waals surface area (Å²) in [5.41, 5.74) is -0.0221. The highest BCUT2D eigenvalue weighted by Crippen LogP contribution is 2.33. The topological polar surface area (TPSA) is 57.8 Å². The zero-order valence-corrected chi connectivity index (χ0v) is 18.4. The zero-order valence-electron chi connectivity index (χ0n) is 18.4. The molecule has 1 aliphatic rings. The van der Waals surface area contributed by atoms with Gasteiger partial charge in [0.05, 0.1) is 24.8 Å². The molecule has 0 aliphatic carbocycles. The number of carbonyl (C=O) groups excluding carboxylic acids is 1. The molecule has 1 fully saturated rings. The second kappa shape index (κ2) is 8.53. The van der Waals surface area contributed by atoms with Crippen molar-refractivity contribution < 1.29 is 27.4 Å². The molecule has 1 amide bonds. The molecular weight excluding hydrogens is 411 g/mol. The lowest BCUT2D eigenvalue weighted by Crippen LogP contribution is -2.28. The average Bonchev–Trinajstić information content (AvgIpc) is 3.30. The predicted molar refractivity (Wildman–Crippen MR) is 109 cm³/mol. The van der Waals surface area contributed by atoms with Gasteiger partial charge in [-0.15, -0.1) is 0 Å². The number of carbonyl (C=O) groups is 1. The number of amides is 1. The van der Waals surface area contributed by atoms with Gasteiger partial charge in [-0.1, -0.05) is 20.8 Å². The molecule has 3 rings (SSSR count). The maximum Gasteiger partial charge on any atom is 0.416 e. The van der Waals surface area contributed by atoms with Crippen molar-refractivity contribution in [2.45, 2.75) is 45.3 Å². The first kappa shape index (κ1) is 23.1. The highest BCUT2D eigenvalue weighted by Gasteiger charge is 2.32. The molecule has 0 spiro atoms. The first-order valence-corrected chi connectivity index (χ1v) is 10.1. The van der Waals surface area contributed by atoms with Crippen LogP contribution in [0.4, 0.5) is 13.2 Å². The number of nitrogens with zero attached hydrogens (tertiary/aromatic N) is 3. The van der Waals surface area contributed by atoms with Gasteiger partial charge in [0.25, 0.3) is 5.91 Å². The third-order valence-electron chi connectivity index (χ3n) is 5.44. The van der Waals surface area contributed by atoms with E-state index in [1.807, 2.05) is 43.2 Å². The Kier molecular flexibility index (Phi) is 6.36. The van der Waals surface area contributed by atoms with Crippen molar-refractivity contribution in [3.8, 4) is 5.75 Å². The SMILES string of the molecule is COc1ccc(C(F)(F)F)cc1C(=O)/N=c1\cc(C(C)(C)C)n(C)n1CC1CCOC1. The highest BCUT2D eigenvalue weighted by atomic mass is 19.4. The number of ether oxygens (including phenoxy) is 2. The smallest absolute Gasteiger partial charge is 0.416 e. The monoisotopic (exact) mass is 439 g/mol. The number of methoxy groups -OCH3 is 1. The van der Waals surface area contributed by atoms with Gasteiger partial charge in [-0.05, 0) is 24.6 Å². The molecule has 2 aromatic rings. The van der Waals surface area contributed by atoms with Crippen LogP contribution in [-0.4, -0.2) is 35.6 Å². The van der Waals surface area contributed by atoms with E-state index in [2.05, 4.69) is 4.99 Å². The summed E-state index contributed by atoms with van der Waals surface area (Å²) in [4.78, 5) is 17.2. The van der Waals surface area contributed by atoms with Gasteiger partial charge in [-0.2, -0.15) is 18.2 Å². The van der Waals surface area contributed by atoms with E-state index in [9.17, 15) is 18.0 Å². The number of aromatic nitrogens is 2. The normalized spacial score (nSPS) is 17.9. The highest BCUT2D eigenvalue weighted by molar-refractivity contribution is 5.97. The van der Waals surface area contributed by atoms with Crippen LogP contribution >= 0.6 is 0 Å². The van der Waals surface area contributed by atoms with Crippen LogP contribution in [0.25, 0.3) is 0 Å². The van der Waals surface area contributed by atoms with Crippen molar-refractivity contribution >= 4 is 5.91 Å². The molecule has 1 aromatic carbocycles. The summed E-state index contributed by atoms with van der Waals surface area (Å²) < 4.78 is 53.9. The summed E-state index contributed by atoms with van der Waals surface area (Å²) in [7, 11) is 3.20. The lowest BCUT2D eigenvalue weighted by Gasteiger charge is -2.21. The van der Waals surface area contributed by atoms with Crippen molar-refractivity contribution in [3.63, 3.8) is 0 Å². The fourth-order valence-electron chi connectivity index (χ4n) is 3.77. The lowest BCUT2D eigenvalue weighted by atomic mass is 9.92. The molecule has 1 unspecified atom stereocenters. The minimum Gasteiger partial charge on any atom is -0.496 e. The lowest BCUT2D eigenvalue weighted by molar-refractivity contribution is -0.137. The molecule has 6 nitrogen and oxygen atoms in total. The molecular formula is C22H28F3N3O3.